The van der Waals surface area contributed by atoms with Crippen LogP contribution in [0.3, 0.4) is 0 Å². The van der Waals surface area contributed by atoms with Crippen LogP contribution in [0.5, 0.6) is 0 Å². The minimum Gasteiger partial charge on any atom is -0.289 e. The predicted molar refractivity (Wildman–Crippen MR) is 98.0 cm³/mol. The Morgan fingerprint density at radius 3 is 1.73 bits per heavy atom. The molecule has 5 nitrogen and oxygen atoms in total. The Bertz CT molecular complexity index is 1140. The van der Waals surface area contributed by atoms with Gasteiger partial charge in [-0.2, -0.15) is 8.42 Å². The Morgan fingerprint density at radius 1 is 0.692 bits per heavy atom. The van der Waals surface area contributed by atoms with Gasteiger partial charge in [0.1, 0.15) is 4.90 Å². The van der Waals surface area contributed by atoms with Crippen molar-refractivity contribution in [1.29, 1.82) is 0 Å². The van der Waals surface area contributed by atoms with Gasteiger partial charge < -0.3 is 0 Å². The third-order valence-electron chi connectivity index (χ3n) is 5.59. The molecule has 6 heteroatoms. The summed E-state index contributed by atoms with van der Waals surface area (Å²) in [5.41, 5.74) is 4.38. The maximum atomic E-state index is 13.3. The van der Waals surface area contributed by atoms with Crippen molar-refractivity contribution in [2.45, 2.75) is 46.4 Å². The second-order valence-electron chi connectivity index (χ2n) is 6.95. The summed E-state index contributed by atoms with van der Waals surface area (Å²) in [4.78, 5) is 26.2. The zero-order valence-corrected chi connectivity index (χ0v) is 16.4. The van der Waals surface area contributed by atoms with Gasteiger partial charge in [0, 0.05) is 22.3 Å². The quantitative estimate of drug-likeness (QED) is 0.660. The van der Waals surface area contributed by atoms with Gasteiger partial charge in [-0.15, -0.1) is 0 Å². The van der Waals surface area contributed by atoms with E-state index in [1.54, 1.807) is 13.0 Å². The molecule has 0 aliphatic heterocycles. The highest BCUT2D eigenvalue weighted by Crippen LogP contribution is 2.39. The molecule has 0 aromatic heterocycles. The van der Waals surface area contributed by atoms with Crippen molar-refractivity contribution >= 4 is 21.7 Å². The molecular weight excluding hydrogens is 352 g/mol. The molecule has 0 saturated heterocycles. The largest absolute Gasteiger partial charge is 0.295 e. The minimum atomic E-state index is -4.52. The van der Waals surface area contributed by atoms with Gasteiger partial charge in [0.15, 0.2) is 11.6 Å². The van der Waals surface area contributed by atoms with Crippen LogP contribution in [0.25, 0.3) is 0 Å². The maximum Gasteiger partial charge on any atom is 0.295 e. The van der Waals surface area contributed by atoms with Crippen molar-refractivity contribution in [2.24, 2.45) is 0 Å². The van der Waals surface area contributed by atoms with Gasteiger partial charge >= 0.3 is 0 Å². The highest BCUT2D eigenvalue weighted by atomic mass is 32.2. The summed E-state index contributed by atoms with van der Waals surface area (Å²) in [6.07, 6.45) is 0. The van der Waals surface area contributed by atoms with Crippen LogP contribution in [-0.4, -0.2) is 24.5 Å². The first-order valence-electron chi connectivity index (χ1n) is 8.21. The molecule has 1 aliphatic carbocycles. The monoisotopic (exact) mass is 372 g/mol. The summed E-state index contributed by atoms with van der Waals surface area (Å²) in [7, 11) is -4.52. The summed E-state index contributed by atoms with van der Waals surface area (Å²) in [6.45, 7) is 10.2. The van der Waals surface area contributed by atoms with Crippen molar-refractivity contribution in [1.82, 2.24) is 0 Å². The summed E-state index contributed by atoms with van der Waals surface area (Å²) in [5, 5.41) is 0. The van der Waals surface area contributed by atoms with Gasteiger partial charge in [-0.25, -0.2) is 0 Å². The van der Waals surface area contributed by atoms with Gasteiger partial charge in [0.2, 0.25) is 0 Å². The molecule has 0 heterocycles. The van der Waals surface area contributed by atoms with Crippen LogP contribution in [0.2, 0.25) is 0 Å². The van der Waals surface area contributed by atoms with Gasteiger partial charge in [-0.3, -0.25) is 14.1 Å². The lowest BCUT2D eigenvalue weighted by Gasteiger charge is -2.26. The Morgan fingerprint density at radius 2 is 1.19 bits per heavy atom. The lowest BCUT2D eigenvalue weighted by atomic mass is 9.76. The van der Waals surface area contributed by atoms with Crippen molar-refractivity contribution in [3.05, 3.63) is 61.7 Å². The summed E-state index contributed by atoms with van der Waals surface area (Å²) < 4.78 is 33.3. The first-order valence-corrected chi connectivity index (χ1v) is 9.65. The van der Waals surface area contributed by atoms with E-state index in [1.807, 2.05) is 20.8 Å². The number of rotatable bonds is 1. The maximum absolute atomic E-state index is 13.3. The van der Waals surface area contributed by atoms with Crippen molar-refractivity contribution in [3.63, 3.8) is 0 Å². The Labute approximate surface area is 152 Å². The Balaban J connectivity index is 2.52. The molecule has 136 valence electrons. The number of benzene rings is 2. The summed E-state index contributed by atoms with van der Waals surface area (Å²) >= 11 is 0. The molecule has 0 amide bonds. The third-order valence-corrected chi connectivity index (χ3v) is 6.71. The van der Waals surface area contributed by atoms with Gasteiger partial charge in [0.05, 0.1) is 0 Å². The summed E-state index contributed by atoms with van der Waals surface area (Å²) in [6, 6.07) is 1.68. The molecule has 0 radical (unpaired) electrons. The molecule has 0 bridgehead atoms. The van der Waals surface area contributed by atoms with Crippen LogP contribution in [0, 0.1) is 41.5 Å². The standard InChI is InChI=1S/C20H20O5S/c1-8-7-14-15(10(3)9(8)2)19(22)16-11(4)12(5)20(26(23,24)25)13(6)17(16)18(14)21/h7H,1-6H3,(H,23,24,25). The zero-order valence-electron chi connectivity index (χ0n) is 15.6. The fourth-order valence-electron chi connectivity index (χ4n) is 3.90. The zero-order chi connectivity index (χ0) is 19.7. The molecule has 26 heavy (non-hydrogen) atoms. The van der Waals surface area contributed by atoms with Gasteiger partial charge in [-0.05, 0) is 81.0 Å². The number of ketones is 2. The van der Waals surface area contributed by atoms with Crippen LogP contribution in [0.15, 0.2) is 11.0 Å². The van der Waals surface area contributed by atoms with Gasteiger partial charge in [0.25, 0.3) is 10.1 Å². The van der Waals surface area contributed by atoms with E-state index in [0.717, 1.165) is 16.7 Å². The highest BCUT2D eigenvalue weighted by Gasteiger charge is 2.37. The Hall–Kier alpha value is -2.31. The number of aryl methyl sites for hydroxylation is 1. The van der Waals surface area contributed by atoms with Crippen molar-refractivity contribution in [2.75, 3.05) is 0 Å². The number of hydrogen-bond acceptors (Lipinski definition) is 4. The van der Waals surface area contributed by atoms with E-state index < -0.39 is 10.1 Å². The van der Waals surface area contributed by atoms with E-state index in [4.69, 9.17) is 0 Å². The third kappa shape index (κ3) is 2.29. The van der Waals surface area contributed by atoms with Crippen LogP contribution in [0.1, 0.15) is 65.2 Å². The van der Waals surface area contributed by atoms with E-state index in [9.17, 15) is 22.6 Å². The minimum absolute atomic E-state index is 0.0703. The predicted octanol–water partition coefficient (Wildman–Crippen LogP) is 3.56. The SMILES string of the molecule is Cc1cc2c(c(C)c1C)C(=O)c1c(C)c(C)c(S(=O)(=O)O)c(C)c1C2=O. The Kier molecular flexibility index (Phi) is 3.97. The molecule has 1 aliphatic rings. The molecule has 0 unspecified atom stereocenters. The molecule has 0 spiro atoms. The number of hydrogen-bond donors (Lipinski definition) is 1. The van der Waals surface area contributed by atoms with Crippen LogP contribution < -0.4 is 0 Å². The second kappa shape index (κ2) is 5.59. The van der Waals surface area contributed by atoms with Crippen LogP contribution in [0.4, 0.5) is 0 Å². The molecule has 0 atom stereocenters. The molecule has 3 rings (SSSR count). The number of carbonyl (C=O) groups is 2. The van der Waals surface area contributed by atoms with E-state index in [-0.39, 0.29) is 44.3 Å². The summed E-state index contributed by atoms with van der Waals surface area (Å²) in [5.74, 6) is -0.660. The molecule has 1 N–H and O–H groups in total. The van der Waals surface area contributed by atoms with E-state index in [0.29, 0.717) is 11.1 Å². The van der Waals surface area contributed by atoms with Crippen LogP contribution >= 0.6 is 0 Å². The van der Waals surface area contributed by atoms with Crippen LogP contribution in [-0.2, 0) is 10.1 Å². The molecular formula is C20H20O5S. The molecule has 0 fully saturated rings. The second-order valence-corrected chi connectivity index (χ2v) is 8.31. The molecule has 2 aromatic carbocycles. The number of carbonyl (C=O) groups excluding carboxylic acids is 2. The molecule has 2 aromatic rings. The van der Waals surface area contributed by atoms with E-state index >= 15 is 0 Å². The van der Waals surface area contributed by atoms with E-state index in [2.05, 4.69) is 0 Å². The first-order chi connectivity index (χ1) is 11.9. The lowest BCUT2D eigenvalue weighted by molar-refractivity contribution is 0.0977. The molecule has 0 saturated carbocycles. The van der Waals surface area contributed by atoms with E-state index in [1.165, 1.54) is 13.8 Å². The van der Waals surface area contributed by atoms with Gasteiger partial charge in [-0.1, -0.05) is 0 Å². The highest BCUT2D eigenvalue weighted by molar-refractivity contribution is 7.86. The topological polar surface area (TPSA) is 88.5 Å². The normalized spacial score (nSPS) is 13.7. The average molecular weight is 372 g/mol. The lowest BCUT2D eigenvalue weighted by Crippen LogP contribution is -2.27. The van der Waals surface area contributed by atoms with Crippen molar-refractivity contribution < 1.29 is 22.6 Å². The number of fused-ring (bicyclic) bond motifs is 2. The smallest absolute Gasteiger partial charge is 0.289 e. The average Bonchev–Trinajstić information content (AvgIpc) is 2.52. The van der Waals surface area contributed by atoms with Crippen molar-refractivity contribution in [3.8, 4) is 0 Å². The fraction of sp³-hybridized carbons (Fsp3) is 0.300. The first kappa shape index (κ1) is 18.5. The fourth-order valence-corrected chi connectivity index (χ4v) is 4.92.